The van der Waals surface area contributed by atoms with Crippen molar-refractivity contribution in [3.8, 4) is 0 Å². The second-order valence-electron chi connectivity index (χ2n) is 5.79. The molecule has 1 amide bonds. The molecule has 2 N–H and O–H groups in total. The molecule has 0 aliphatic carbocycles. The highest BCUT2D eigenvalue weighted by Gasteiger charge is 2.12. The molecule has 0 aliphatic rings. The van der Waals surface area contributed by atoms with Crippen molar-refractivity contribution in [3.63, 3.8) is 0 Å². The molecule has 3 aromatic rings. The number of carbonyl (C=O) groups is 1. The molecule has 5 nitrogen and oxygen atoms in total. The highest BCUT2D eigenvalue weighted by atomic mass is 127. The van der Waals surface area contributed by atoms with Gasteiger partial charge in [-0.2, -0.15) is 0 Å². The zero-order valence-corrected chi connectivity index (χ0v) is 16.1. The maximum Gasteiger partial charge on any atom is 0.246 e. The quantitative estimate of drug-likeness (QED) is 0.370. The van der Waals surface area contributed by atoms with Crippen LogP contribution < -0.4 is 5.73 Å². The molecule has 0 radical (unpaired) electrons. The van der Waals surface area contributed by atoms with Crippen LogP contribution in [-0.2, 0) is 15.9 Å². The van der Waals surface area contributed by atoms with Crippen molar-refractivity contribution < 1.29 is 4.79 Å². The number of alkyl halides is 1. The smallest absolute Gasteiger partial charge is 0.246 e. The lowest BCUT2D eigenvalue weighted by molar-refractivity contribution is -0.125. The molecular weight excluding hydrogens is 427 g/mol. The summed E-state index contributed by atoms with van der Waals surface area (Å²) in [6, 6.07) is 14.0. The SMILES string of the molecule is CN(Cc1cc2ccccc2n1CI)C(=O)/C=C/c1ccc(N)nc1. The van der Waals surface area contributed by atoms with E-state index < -0.39 is 0 Å². The topological polar surface area (TPSA) is 64.2 Å². The van der Waals surface area contributed by atoms with Gasteiger partial charge in [0.05, 0.1) is 11.1 Å². The van der Waals surface area contributed by atoms with Crippen LogP contribution in [0.1, 0.15) is 11.3 Å². The zero-order chi connectivity index (χ0) is 17.8. The molecule has 3 rings (SSSR count). The molecule has 128 valence electrons. The molecule has 0 unspecified atom stereocenters. The van der Waals surface area contributed by atoms with Crippen molar-refractivity contribution in [1.29, 1.82) is 0 Å². The van der Waals surface area contributed by atoms with Crippen LogP contribution >= 0.6 is 22.6 Å². The number of likely N-dealkylation sites (N-methyl/N-ethyl adjacent to an activating group) is 1. The number of halogens is 1. The number of anilines is 1. The van der Waals surface area contributed by atoms with Crippen LogP contribution in [0.5, 0.6) is 0 Å². The molecule has 0 bridgehead atoms. The van der Waals surface area contributed by atoms with Crippen LogP contribution in [-0.4, -0.2) is 27.4 Å². The van der Waals surface area contributed by atoms with Gasteiger partial charge in [0.1, 0.15) is 5.82 Å². The first-order valence-corrected chi connectivity index (χ1v) is 9.39. The Morgan fingerprint density at radius 2 is 2.12 bits per heavy atom. The molecule has 1 aromatic carbocycles. The summed E-state index contributed by atoms with van der Waals surface area (Å²) in [6.45, 7) is 0.556. The number of hydrogen-bond donors (Lipinski definition) is 1. The summed E-state index contributed by atoms with van der Waals surface area (Å²) in [5.41, 5.74) is 8.72. The predicted octanol–water partition coefficient (Wildman–Crippen LogP) is 3.68. The standard InChI is InChI=1S/C19H19IN4O/c1-23(19(25)9-7-14-6-8-18(21)22-11-14)12-16-10-15-4-2-3-5-17(15)24(16)13-20/h2-11H,12-13H2,1H3,(H2,21,22)/b9-7+. The van der Waals surface area contributed by atoms with E-state index >= 15 is 0 Å². The van der Waals surface area contributed by atoms with E-state index in [1.807, 2.05) is 25.2 Å². The van der Waals surface area contributed by atoms with Crippen LogP contribution in [0, 0.1) is 0 Å². The Bertz CT molecular complexity index is 915. The molecule has 2 aromatic heterocycles. The molecule has 2 heterocycles. The molecule has 6 heteroatoms. The first kappa shape index (κ1) is 17.5. The second-order valence-corrected chi connectivity index (χ2v) is 6.47. The summed E-state index contributed by atoms with van der Waals surface area (Å²) >= 11 is 2.34. The Morgan fingerprint density at radius 1 is 1.32 bits per heavy atom. The average Bonchev–Trinajstić information content (AvgIpc) is 2.97. The summed E-state index contributed by atoms with van der Waals surface area (Å²) < 4.78 is 3.07. The van der Waals surface area contributed by atoms with E-state index in [0.29, 0.717) is 12.4 Å². The fraction of sp³-hybridized carbons (Fsp3) is 0.158. The second kappa shape index (κ2) is 7.69. The molecule has 0 atom stereocenters. The van der Waals surface area contributed by atoms with Gasteiger partial charge >= 0.3 is 0 Å². The summed E-state index contributed by atoms with van der Waals surface area (Å²) in [6.07, 6.45) is 4.95. The van der Waals surface area contributed by atoms with E-state index in [1.54, 1.807) is 29.3 Å². The molecule has 0 saturated carbocycles. The van der Waals surface area contributed by atoms with Gasteiger partial charge in [-0.25, -0.2) is 4.98 Å². The highest BCUT2D eigenvalue weighted by molar-refractivity contribution is 14.1. The summed E-state index contributed by atoms with van der Waals surface area (Å²) in [5.74, 6) is 0.411. The first-order chi connectivity index (χ1) is 12.1. The summed E-state index contributed by atoms with van der Waals surface area (Å²) in [4.78, 5) is 18.1. The number of nitrogen functional groups attached to an aromatic ring is 1. The predicted molar refractivity (Wildman–Crippen MR) is 110 cm³/mol. The lowest BCUT2D eigenvalue weighted by Gasteiger charge is -2.16. The van der Waals surface area contributed by atoms with Crippen molar-refractivity contribution in [3.05, 3.63) is 66.0 Å². The number of hydrogen-bond acceptors (Lipinski definition) is 3. The number of carbonyl (C=O) groups excluding carboxylic acids is 1. The van der Waals surface area contributed by atoms with Crippen molar-refractivity contribution in [1.82, 2.24) is 14.5 Å². The molecule has 0 saturated heterocycles. The van der Waals surface area contributed by atoms with Gasteiger partial charge in [-0.1, -0.05) is 40.8 Å². The van der Waals surface area contributed by atoms with E-state index in [-0.39, 0.29) is 5.91 Å². The maximum atomic E-state index is 12.4. The number of benzene rings is 1. The van der Waals surface area contributed by atoms with Crippen LogP contribution in [0.15, 0.2) is 54.7 Å². The van der Waals surface area contributed by atoms with Crippen LogP contribution in [0.2, 0.25) is 0 Å². The Balaban J connectivity index is 1.74. The number of nitrogens with zero attached hydrogens (tertiary/aromatic N) is 3. The van der Waals surface area contributed by atoms with E-state index in [1.165, 1.54) is 10.9 Å². The molecule has 0 spiro atoms. The third kappa shape index (κ3) is 4.01. The van der Waals surface area contributed by atoms with Crippen LogP contribution in [0.25, 0.3) is 17.0 Å². The fourth-order valence-electron chi connectivity index (χ4n) is 2.67. The van der Waals surface area contributed by atoms with Gasteiger partial charge in [0.25, 0.3) is 0 Å². The normalized spacial score (nSPS) is 11.3. The summed E-state index contributed by atoms with van der Waals surface area (Å²) in [5, 5.41) is 1.19. The monoisotopic (exact) mass is 446 g/mol. The Labute approximate surface area is 160 Å². The van der Waals surface area contributed by atoms with Crippen molar-refractivity contribution >= 4 is 51.3 Å². The first-order valence-electron chi connectivity index (χ1n) is 7.86. The van der Waals surface area contributed by atoms with Crippen molar-refractivity contribution in [2.24, 2.45) is 0 Å². The molecule has 0 aliphatic heterocycles. The van der Waals surface area contributed by atoms with E-state index in [9.17, 15) is 4.79 Å². The van der Waals surface area contributed by atoms with Crippen molar-refractivity contribution in [2.75, 3.05) is 12.8 Å². The number of rotatable bonds is 5. The van der Waals surface area contributed by atoms with E-state index in [0.717, 1.165) is 15.8 Å². The number of pyridine rings is 1. The van der Waals surface area contributed by atoms with Gasteiger partial charge in [0.2, 0.25) is 5.91 Å². The minimum Gasteiger partial charge on any atom is -0.384 e. The summed E-state index contributed by atoms with van der Waals surface area (Å²) in [7, 11) is 1.81. The molecule has 0 fully saturated rings. The largest absolute Gasteiger partial charge is 0.384 e. The third-order valence-corrected chi connectivity index (χ3v) is 4.70. The van der Waals surface area contributed by atoms with Crippen LogP contribution in [0.3, 0.4) is 0 Å². The number of fused-ring (bicyclic) bond motifs is 1. The van der Waals surface area contributed by atoms with E-state index in [2.05, 4.69) is 50.3 Å². The molecule has 25 heavy (non-hydrogen) atoms. The lowest BCUT2D eigenvalue weighted by Crippen LogP contribution is -2.25. The van der Waals surface area contributed by atoms with Crippen molar-refractivity contribution in [2.45, 2.75) is 11.1 Å². The number of nitrogens with two attached hydrogens (primary N) is 1. The van der Waals surface area contributed by atoms with Gasteiger partial charge < -0.3 is 15.2 Å². The van der Waals surface area contributed by atoms with Gasteiger partial charge in [-0.05, 0) is 41.3 Å². The maximum absolute atomic E-state index is 12.4. The van der Waals surface area contributed by atoms with Gasteiger partial charge in [-0.15, -0.1) is 0 Å². The highest BCUT2D eigenvalue weighted by Crippen LogP contribution is 2.22. The van der Waals surface area contributed by atoms with E-state index in [4.69, 9.17) is 5.73 Å². The Kier molecular flexibility index (Phi) is 5.37. The van der Waals surface area contributed by atoms with Gasteiger partial charge in [-0.3, -0.25) is 4.79 Å². The average molecular weight is 446 g/mol. The number of aromatic nitrogens is 2. The molecular formula is C19H19IN4O. The third-order valence-electron chi connectivity index (χ3n) is 4.02. The van der Waals surface area contributed by atoms with Gasteiger partial charge in [0, 0.05) is 30.5 Å². The number of para-hydroxylation sites is 1. The Hall–Kier alpha value is -2.35. The Morgan fingerprint density at radius 3 is 2.84 bits per heavy atom. The van der Waals surface area contributed by atoms with Gasteiger partial charge in [0.15, 0.2) is 0 Å². The lowest BCUT2D eigenvalue weighted by atomic mass is 10.2. The number of amides is 1. The minimum atomic E-state index is -0.0536. The zero-order valence-electron chi connectivity index (χ0n) is 13.9. The van der Waals surface area contributed by atoms with Crippen LogP contribution in [0.4, 0.5) is 5.82 Å². The fourth-order valence-corrected chi connectivity index (χ4v) is 3.48. The minimum absolute atomic E-state index is 0.0536.